The minimum absolute atomic E-state index is 0.189. The molecule has 2 N–H and O–H groups in total. The van der Waals surface area contributed by atoms with E-state index in [0.29, 0.717) is 0 Å². The lowest BCUT2D eigenvalue weighted by Crippen LogP contribution is -2.34. The maximum Gasteiger partial charge on any atom is 0.330 e. The topological polar surface area (TPSA) is 105 Å². The van der Waals surface area contributed by atoms with Crippen LogP contribution in [0.4, 0.5) is 5.82 Å². The van der Waals surface area contributed by atoms with Gasteiger partial charge in [-0.05, 0) is 12.1 Å². The van der Waals surface area contributed by atoms with Crippen LogP contribution in [0.15, 0.2) is 12.1 Å². The molecule has 0 bridgehead atoms. The molecule has 1 aromatic rings. The molecule has 0 aliphatic rings. The zero-order chi connectivity index (χ0) is 14.4. The molecule has 104 valence electrons. The molecule has 0 aliphatic heterocycles. The number of aromatic nitrogens is 2. The quantitative estimate of drug-likeness (QED) is 0.668. The highest BCUT2D eigenvalue weighted by atomic mass is 16.5. The second-order valence-electron chi connectivity index (χ2n) is 3.91. The third-order valence-electron chi connectivity index (χ3n) is 2.28. The van der Waals surface area contributed by atoms with E-state index in [1.807, 2.05) is 0 Å². The van der Waals surface area contributed by atoms with Crippen molar-refractivity contribution in [2.75, 3.05) is 33.1 Å². The summed E-state index contributed by atoms with van der Waals surface area (Å²) in [5, 5.41) is 19.2. The fourth-order valence-electron chi connectivity index (χ4n) is 1.25. The highest BCUT2D eigenvalue weighted by Gasteiger charge is 2.18. The molecule has 1 aromatic heterocycles. The third kappa shape index (κ3) is 3.88. The van der Waals surface area contributed by atoms with Crippen LogP contribution < -0.4 is 5.32 Å². The van der Waals surface area contributed by atoms with Gasteiger partial charge in [0, 0.05) is 14.1 Å². The van der Waals surface area contributed by atoms with E-state index >= 15 is 0 Å². The first kappa shape index (κ1) is 14.8. The molecular weight excluding hydrogens is 252 g/mol. The lowest BCUT2D eigenvalue weighted by Gasteiger charge is -2.14. The molecule has 0 fully saturated rings. The maximum atomic E-state index is 11.6. The second-order valence-corrected chi connectivity index (χ2v) is 3.91. The summed E-state index contributed by atoms with van der Waals surface area (Å²) in [6, 6.07) is 2.05. The fraction of sp³-hybridized carbons (Fsp3) is 0.455. The lowest BCUT2D eigenvalue weighted by molar-refractivity contribution is -0.142. The van der Waals surface area contributed by atoms with Crippen LogP contribution in [0, 0.1) is 0 Å². The van der Waals surface area contributed by atoms with Gasteiger partial charge in [0.15, 0.2) is 5.69 Å². The van der Waals surface area contributed by atoms with Gasteiger partial charge in [0.25, 0.3) is 5.91 Å². The largest absolute Gasteiger partial charge is 0.467 e. The molecular formula is C11H16N4O4. The van der Waals surface area contributed by atoms with Crippen LogP contribution >= 0.6 is 0 Å². The zero-order valence-electron chi connectivity index (χ0n) is 11.0. The van der Waals surface area contributed by atoms with Gasteiger partial charge in [-0.3, -0.25) is 4.79 Å². The molecule has 0 aromatic carbocycles. The molecule has 8 nitrogen and oxygen atoms in total. The van der Waals surface area contributed by atoms with E-state index in [1.54, 1.807) is 14.1 Å². The number of aliphatic hydroxyl groups is 1. The van der Waals surface area contributed by atoms with Crippen LogP contribution in [-0.4, -0.2) is 65.9 Å². The van der Waals surface area contributed by atoms with Gasteiger partial charge < -0.3 is 20.1 Å². The third-order valence-corrected chi connectivity index (χ3v) is 2.28. The number of ether oxygens (including phenoxy) is 1. The zero-order valence-corrected chi connectivity index (χ0v) is 11.0. The van der Waals surface area contributed by atoms with Crippen molar-refractivity contribution in [3.63, 3.8) is 0 Å². The Balaban J connectivity index is 2.76. The number of esters is 1. The number of rotatable bonds is 5. The van der Waals surface area contributed by atoms with Crippen molar-refractivity contribution in [1.29, 1.82) is 0 Å². The molecule has 1 rings (SSSR count). The van der Waals surface area contributed by atoms with Crippen molar-refractivity contribution in [3.05, 3.63) is 17.8 Å². The predicted molar refractivity (Wildman–Crippen MR) is 66.6 cm³/mol. The molecule has 0 saturated carbocycles. The Morgan fingerprint density at radius 2 is 2.11 bits per heavy atom. The summed E-state index contributed by atoms with van der Waals surface area (Å²) in [6.07, 6.45) is 0. The van der Waals surface area contributed by atoms with Crippen molar-refractivity contribution in [1.82, 2.24) is 15.1 Å². The van der Waals surface area contributed by atoms with Gasteiger partial charge in [0.1, 0.15) is 11.9 Å². The summed E-state index contributed by atoms with van der Waals surface area (Å²) in [6.45, 7) is -0.438. The van der Waals surface area contributed by atoms with Gasteiger partial charge in [-0.1, -0.05) is 0 Å². The molecule has 0 radical (unpaired) electrons. The van der Waals surface area contributed by atoms with Crippen molar-refractivity contribution in [3.8, 4) is 0 Å². The Hall–Kier alpha value is -2.22. The number of methoxy groups -OCH3 is 1. The predicted octanol–water partition coefficient (Wildman–Crippen LogP) is -0.876. The molecule has 1 heterocycles. The van der Waals surface area contributed by atoms with E-state index in [4.69, 9.17) is 5.11 Å². The van der Waals surface area contributed by atoms with Crippen molar-refractivity contribution >= 4 is 17.7 Å². The smallest absolute Gasteiger partial charge is 0.330 e. The van der Waals surface area contributed by atoms with Gasteiger partial charge in [-0.25, -0.2) is 4.79 Å². The SMILES string of the molecule is COC(=O)C(CO)Nc1ccc(C(=O)N(C)C)nn1. The Morgan fingerprint density at radius 1 is 1.42 bits per heavy atom. The summed E-state index contributed by atoms with van der Waals surface area (Å²) in [5.74, 6) is -0.622. The van der Waals surface area contributed by atoms with Crippen molar-refractivity contribution in [2.24, 2.45) is 0 Å². The van der Waals surface area contributed by atoms with E-state index < -0.39 is 18.6 Å². The molecule has 1 atom stereocenters. The normalized spacial score (nSPS) is 11.6. The summed E-state index contributed by atoms with van der Waals surface area (Å²) < 4.78 is 4.50. The number of carbonyl (C=O) groups excluding carboxylic acids is 2. The van der Waals surface area contributed by atoms with E-state index in [2.05, 4.69) is 20.3 Å². The van der Waals surface area contributed by atoms with Crippen LogP contribution in [0.5, 0.6) is 0 Å². The lowest BCUT2D eigenvalue weighted by atomic mass is 10.3. The number of aliphatic hydroxyl groups excluding tert-OH is 1. The number of hydrogen-bond acceptors (Lipinski definition) is 7. The number of hydrogen-bond donors (Lipinski definition) is 2. The molecule has 8 heteroatoms. The minimum atomic E-state index is -0.922. The molecule has 0 spiro atoms. The van der Waals surface area contributed by atoms with Gasteiger partial charge in [0.2, 0.25) is 0 Å². The first-order valence-corrected chi connectivity index (χ1v) is 5.50. The number of carbonyl (C=O) groups is 2. The van der Waals surface area contributed by atoms with Crippen LogP contribution in [0.1, 0.15) is 10.5 Å². The van der Waals surface area contributed by atoms with Crippen molar-refractivity contribution < 1.29 is 19.4 Å². The van der Waals surface area contributed by atoms with E-state index in [0.717, 1.165) is 0 Å². The molecule has 1 unspecified atom stereocenters. The summed E-state index contributed by atoms with van der Waals surface area (Å²) >= 11 is 0. The monoisotopic (exact) mass is 268 g/mol. The highest BCUT2D eigenvalue weighted by molar-refractivity contribution is 5.91. The van der Waals surface area contributed by atoms with E-state index in [1.165, 1.54) is 24.1 Å². The summed E-state index contributed by atoms with van der Waals surface area (Å²) in [4.78, 5) is 24.2. The Morgan fingerprint density at radius 3 is 2.53 bits per heavy atom. The molecule has 0 saturated heterocycles. The van der Waals surface area contributed by atoms with Gasteiger partial charge in [-0.2, -0.15) is 0 Å². The number of anilines is 1. The number of nitrogens with zero attached hydrogens (tertiary/aromatic N) is 3. The molecule has 0 aliphatic carbocycles. The van der Waals surface area contributed by atoms with E-state index in [-0.39, 0.29) is 17.4 Å². The average molecular weight is 268 g/mol. The van der Waals surface area contributed by atoms with Crippen LogP contribution in [-0.2, 0) is 9.53 Å². The van der Waals surface area contributed by atoms with Gasteiger partial charge in [-0.15, -0.1) is 10.2 Å². The van der Waals surface area contributed by atoms with Crippen LogP contribution in [0.3, 0.4) is 0 Å². The standard InChI is InChI=1S/C11H16N4O4/c1-15(2)10(17)7-4-5-9(14-13-7)12-8(6-16)11(18)19-3/h4-5,8,16H,6H2,1-3H3,(H,12,14). The Kier molecular flexibility index (Phi) is 5.19. The van der Waals surface area contributed by atoms with Gasteiger partial charge in [0.05, 0.1) is 13.7 Å². The van der Waals surface area contributed by atoms with Crippen molar-refractivity contribution in [2.45, 2.75) is 6.04 Å². The second kappa shape index (κ2) is 6.64. The number of nitrogens with one attached hydrogen (secondary N) is 1. The maximum absolute atomic E-state index is 11.6. The highest BCUT2D eigenvalue weighted by Crippen LogP contribution is 2.06. The van der Waals surface area contributed by atoms with Crippen LogP contribution in [0.25, 0.3) is 0 Å². The molecule has 1 amide bonds. The minimum Gasteiger partial charge on any atom is -0.467 e. The van der Waals surface area contributed by atoms with Crippen LogP contribution in [0.2, 0.25) is 0 Å². The van der Waals surface area contributed by atoms with Gasteiger partial charge >= 0.3 is 5.97 Å². The Bertz CT molecular complexity index is 447. The summed E-state index contributed by atoms with van der Waals surface area (Å²) in [5.41, 5.74) is 0.189. The summed E-state index contributed by atoms with van der Waals surface area (Å²) in [7, 11) is 4.43. The first-order valence-electron chi connectivity index (χ1n) is 5.50. The Labute approximate surface area is 110 Å². The fourth-order valence-corrected chi connectivity index (χ4v) is 1.25. The molecule has 19 heavy (non-hydrogen) atoms. The number of amides is 1. The average Bonchev–Trinajstić information content (AvgIpc) is 2.43. The first-order chi connectivity index (χ1) is 8.99. The van der Waals surface area contributed by atoms with E-state index in [9.17, 15) is 9.59 Å².